The number of carbonyl (C=O) groups excluding carboxylic acids is 2. The van der Waals surface area contributed by atoms with E-state index in [1.807, 2.05) is 32.0 Å². The summed E-state index contributed by atoms with van der Waals surface area (Å²) in [5.41, 5.74) is 1.18. The summed E-state index contributed by atoms with van der Waals surface area (Å²) >= 11 is 0. The highest BCUT2D eigenvalue weighted by Crippen LogP contribution is 2.21. The summed E-state index contributed by atoms with van der Waals surface area (Å²) in [5, 5.41) is 2.83. The normalized spacial score (nSPS) is 24.1. The average Bonchev–Trinajstić information content (AvgIpc) is 2.47. The van der Waals surface area contributed by atoms with Crippen LogP contribution >= 0.6 is 0 Å². The largest absolute Gasteiger partial charge is 0.342 e. The summed E-state index contributed by atoms with van der Waals surface area (Å²) < 4.78 is 0. The zero-order chi connectivity index (χ0) is 15.6. The number of benzene rings is 1. The van der Waals surface area contributed by atoms with E-state index < -0.39 is 12.1 Å². The third-order valence-electron chi connectivity index (χ3n) is 4.20. The Labute approximate surface area is 126 Å². The molecule has 1 aromatic rings. The monoisotopic (exact) mass is 288 g/mol. The maximum atomic E-state index is 12.6. The molecule has 1 N–H and O–H groups in total. The van der Waals surface area contributed by atoms with Crippen LogP contribution in [0.5, 0.6) is 0 Å². The highest BCUT2D eigenvalue weighted by Gasteiger charge is 2.39. The molecule has 1 aliphatic rings. The van der Waals surface area contributed by atoms with Gasteiger partial charge in [0.15, 0.2) is 0 Å². The zero-order valence-electron chi connectivity index (χ0n) is 13.2. The van der Waals surface area contributed by atoms with Gasteiger partial charge in [0.1, 0.15) is 12.1 Å². The van der Waals surface area contributed by atoms with Crippen molar-refractivity contribution in [1.82, 2.24) is 10.2 Å². The van der Waals surface area contributed by atoms with E-state index in [0.29, 0.717) is 6.54 Å². The van der Waals surface area contributed by atoms with Gasteiger partial charge in [-0.25, -0.2) is 0 Å². The topological polar surface area (TPSA) is 49.4 Å². The maximum absolute atomic E-state index is 12.6. The van der Waals surface area contributed by atoms with Gasteiger partial charge in [-0.05, 0) is 24.3 Å². The Morgan fingerprint density at radius 3 is 2.33 bits per heavy atom. The lowest BCUT2D eigenvalue weighted by Gasteiger charge is -2.40. The summed E-state index contributed by atoms with van der Waals surface area (Å²) in [7, 11) is 0. The van der Waals surface area contributed by atoms with Crippen LogP contribution < -0.4 is 5.32 Å². The van der Waals surface area contributed by atoms with Gasteiger partial charge in [-0.2, -0.15) is 0 Å². The average molecular weight is 288 g/mol. The number of piperazine rings is 1. The molecule has 1 aliphatic heterocycles. The summed E-state index contributed by atoms with van der Waals surface area (Å²) in [6.07, 6.45) is 0. The third-order valence-corrected chi connectivity index (χ3v) is 4.20. The Kier molecular flexibility index (Phi) is 4.66. The summed E-state index contributed by atoms with van der Waals surface area (Å²) in [6, 6.07) is 9.28. The Balaban J connectivity index is 2.16. The van der Waals surface area contributed by atoms with Crippen molar-refractivity contribution < 1.29 is 9.59 Å². The number of hydrogen-bond acceptors (Lipinski definition) is 2. The van der Waals surface area contributed by atoms with Gasteiger partial charge in [0.05, 0.1) is 0 Å². The van der Waals surface area contributed by atoms with Crippen LogP contribution in [0.25, 0.3) is 0 Å². The summed E-state index contributed by atoms with van der Waals surface area (Å²) in [6.45, 7) is 8.36. The molecule has 0 aliphatic carbocycles. The molecule has 4 nitrogen and oxygen atoms in total. The lowest BCUT2D eigenvalue weighted by molar-refractivity contribution is -0.150. The van der Waals surface area contributed by atoms with Gasteiger partial charge in [-0.15, -0.1) is 0 Å². The molecular formula is C17H24N2O2. The molecule has 0 radical (unpaired) electrons. The number of nitrogens with one attached hydrogen (secondary N) is 1. The molecular weight excluding hydrogens is 264 g/mol. The Morgan fingerprint density at radius 1 is 1.14 bits per heavy atom. The van der Waals surface area contributed by atoms with Crippen LogP contribution in [-0.4, -0.2) is 35.3 Å². The molecule has 2 rings (SSSR count). The van der Waals surface area contributed by atoms with Crippen molar-refractivity contribution in [3.63, 3.8) is 0 Å². The second kappa shape index (κ2) is 6.29. The van der Waals surface area contributed by atoms with Crippen LogP contribution in [0.4, 0.5) is 0 Å². The van der Waals surface area contributed by atoms with Crippen LogP contribution in [-0.2, 0) is 9.59 Å². The lowest BCUT2D eigenvalue weighted by atomic mass is 9.95. The number of hydrogen-bond donors (Lipinski definition) is 1. The number of nitrogens with zero attached hydrogens (tertiary/aromatic N) is 1. The van der Waals surface area contributed by atoms with E-state index in [9.17, 15) is 9.59 Å². The van der Waals surface area contributed by atoms with Gasteiger partial charge in [-0.1, -0.05) is 51.1 Å². The van der Waals surface area contributed by atoms with Gasteiger partial charge in [-0.3, -0.25) is 9.59 Å². The van der Waals surface area contributed by atoms with Gasteiger partial charge >= 0.3 is 0 Å². The molecule has 0 spiro atoms. The van der Waals surface area contributed by atoms with E-state index in [1.54, 1.807) is 11.8 Å². The van der Waals surface area contributed by atoms with Crippen LogP contribution in [0.15, 0.2) is 30.3 Å². The molecule has 4 heteroatoms. The lowest BCUT2D eigenvalue weighted by Crippen LogP contribution is -2.64. The van der Waals surface area contributed by atoms with E-state index >= 15 is 0 Å². The minimum Gasteiger partial charge on any atom is -0.342 e. The van der Waals surface area contributed by atoms with Gasteiger partial charge in [0.2, 0.25) is 11.8 Å². The highest BCUT2D eigenvalue weighted by atomic mass is 16.2. The third kappa shape index (κ3) is 3.26. The minimum atomic E-state index is -0.406. The molecule has 1 heterocycles. The fourth-order valence-electron chi connectivity index (χ4n) is 2.73. The summed E-state index contributed by atoms with van der Waals surface area (Å²) in [4.78, 5) is 26.4. The van der Waals surface area contributed by atoms with Crippen molar-refractivity contribution in [3.8, 4) is 0 Å². The molecule has 1 fully saturated rings. The molecule has 0 bridgehead atoms. The van der Waals surface area contributed by atoms with Crippen LogP contribution in [0, 0.1) is 5.92 Å². The van der Waals surface area contributed by atoms with Crippen molar-refractivity contribution in [2.75, 3.05) is 6.54 Å². The first-order chi connectivity index (χ1) is 9.91. The van der Waals surface area contributed by atoms with Crippen LogP contribution in [0.1, 0.15) is 39.2 Å². The molecule has 1 saturated heterocycles. The quantitative estimate of drug-likeness (QED) is 0.923. The first kappa shape index (κ1) is 15.5. The van der Waals surface area contributed by atoms with Crippen LogP contribution in [0.2, 0.25) is 0 Å². The number of rotatable bonds is 4. The summed E-state index contributed by atoms with van der Waals surface area (Å²) in [5.74, 6) is 0.272. The fourth-order valence-corrected chi connectivity index (χ4v) is 2.73. The van der Waals surface area contributed by atoms with E-state index in [0.717, 1.165) is 0 Å². The van der Waals surface area contributed by atoms with Crippen molar-refractivity contribution >= 4 is 11.8 Å². The molecule has 0 aromatic heterocycles. The second-order valence-electron chi connectivity index (χ2n) is 6.21. The van der Waals surface area contributed by atoms with E-state index in [4.69, 9.17) is 0 Å². The van der Waals surface area contributed by atoms with Gasteiger partial charge in [0.25, 0.3) is 0 Å². The Bertz CT molecular complexity index is 513. The van der Waals surface area contributed by atoms with Crippen molar-refractivity contribution in [2.24, 2.45) is 5.92 Å². The standard InChI is InChI=1S/C17H24N2O2/c1-11(2)15-17(21)19(13(4)16(20)18-15)10-12(3)14-8-6-5-7-9-14/h5-9,11-13,15H,10H2,1-4H3,(H,18,20). The van der Waals surface area contributed by atoms with Crippen molar-refractivity contribution in [1.29, 1.82) is 0 Å². The zero-order valence-corrected chi connectivity index (χ0v) is 13.2. The Hall–Kier alpha value is -1.84. The van der Waals surface area contributed by atoms with Crippen molar-refractivity contribution in [3.05, 3.63) is 35.9 Å². The van der Waals surface area contributed by atoms with E-state index in [2.05, 4.69) is 24.4 Å². The number of amides is 2. The molecule has 114 valence electrons. The second-order valence-corrected chi connectivity index (χ2v) is 6.21. The van der Waals surface area contributed by atoms with E-state index in [-0.39, 0.29) is 23.7 Å². The molecule has 0 saturated carbocycles. The van der Waals surface area contributed by atoms with E-state index in [1.165, 1.54) is 5.56 Å². The number of carbonyl (C=O) groups is 2. The predicted molar refractivity (Wildman–Crippen MR) is 82.8 cm³/mol. The van der Waals surface area contributed by atoms with Gasteiger partial charge < -0.3 is 10.2 Å². The molecule has 21 heavy (non-hydrogen) atoms. The van der Waals surface area contributed by atoms with Crippen LogP contribution in [0.3, 0.4) is 0 Å². The van der Waals surface area contributed by atoms with Gasteiger partial charge in [0, 0.05) is 6.54 Å². The smallest absolute Gasteiger partial charge is 0.246 e. The SMILES string of the molecule is CC(CN1C(=O)C(C(C)C)NC(=O)C1C)c1ccccc1. The first-order valence-electron chi connectivity index (χ1n) is 7.57. The molecule has 3 unspecified atom stereocenters. The van der Waals surface area contributed by atoms with Crippen molar-refractivity contribution in [2.45, 2.75) is 45.7 Å². The molecule has 2 amide bonds. The minimum absolute atomic E-state index is 0.0277. The first-order valence-corrected chi connectivity index (χ1v) is 7.57. The fraction of sp³-hybridized carbons (Fsp3) is 0.529. The Morgan fingerprint density at radius 2 is 1.76 bits per heavy atom. The maximum Gasteiger partial charge on any atom is 0.246 e. The highest BCUT2D eigenvalue weighted by molar-refractivity contribution is 5.96. The molecule has 3 atom stereocenters. The molecule has 1 aromatic carbocycles. The predicted octanol–water partition coefficient (Wildman–Crippen LogP) is 2.16.